The summed E-state index contributed by atoms with van der Waals surface area (Å²) in [7, 11) is 5.16. The van der Waals surface area contributed by atoms with Gasteiger partial charge in [-0.25, -0.2) is 0 Å². The van der Waals surface area contributed by atoms with Crippen molar-refractivity contribution in [1.29, 1.82) is 0 Å². The lowest BCUT2D eigenvalue weighted by molar-refractivity contribution is -0.130. The van der Waals surface area contributed by atoms with E-state index in [4.69, 9.17) is 4.74 Å². The average molecular weight is 320 g/mol. The summed E-state index contributed by atoms with van der Waals surface area (Å²) in [5, 5.41) is 6.56. The fourth-order valence-corrected chi connectivity index (χ4v) is 1.74. The molecule has 6 nitrogen and oxygen atoms in total. The summed E-state index contributed by atoms with van der Waals surface area (Å²) in [6, 6.07) is 7.67. The van der Waals surface area contributed by atoms with Crippen LogP contribution < -0.4 is 15.4 Å². The van der Waals surface area contributed by atoms with Gasteiger partial charge in [0.05, 0.1) is 0 Å². The predicted molar refractivity (Wildman–Crippen MR) is 93.7 cm³/mol. The number of hydrogen-bond donors (Lipinski definition) is 2. The number of ether oxygens (including phenoxy) is 1. The molecule has 128 valence electrons. The van der Waals surface area contributed by atoms with Crippen molar-refractivity contribution in [2.24, 2.45) is 4.99 Å². The van der Waals surface area contributed by atoms with Crippen LogP contribution in [0.25, 0.3) is 0 Å². The second kappa shape index (κ2) is 8.41. The van der Waals surface area contributed by atoms with Gasteiger partial charge < -0.3 is 20.3 Å². The van der Waals surface area contributed by atoms with Crippen molar-refractivity contribution in [2.75, 3.05) is 27.7 Å². The van der Waals surface area contributed by atoms with E-state index >= 15 is 0 Å². The van der Waals surface area contributed by atoms with Crippen LogP contribution in [0.3, 0.4) is 0 Å². The molecule has 6 heteroatoms. The highest BCUT2D eigenvalue weighted by molar-refractivity contribution is 5.80. The van der Waals surface area contributed by atoms with Gasteiger partial charge in [0.25, 0.3) is 5.91 Å². The molecular formula is C17H28N4O2. The molecule has 0 unspecified atom stereocenters. The van der Waals surface area contributed by atoms with Crippen molar-refractivity contribution in [3.8, 4) is 5.75 Å². The van der Waals surface area contributed by atoms with Crippen molar-refractivity contribution in [3.63, 3.8) is 0 Å². The SMILES string of the molecule is CN=C(NCc1cccc(OCC(=O)N(C)C)c1)NC(C)(C)C. The Morgan fingerprint density at radius 3 is 2.57 bits per heavy atom. The third kappa shape index (κ3) is 7.54. The summed E-state index contributed by atoms with van der Waals surface area (Å²) in [6.07, 6.45) is 0. The normalized spacial score (nSPS) is 11.8. The number of rotatable bonds is 5. The molecule has 0 spiro atoms. The Bertz CT molecular complexity index is 548. The van der Waals surface area contributed by atoms with E-state index in [9.17, 15) is 4.79 Å². The second-order valence-electron chi connectivity index (χ2n) is 6.53. The molecule has 0 aliphatic carbocycles. The molecule has 0 aliphatic rings. The molecule has 0 bridgehead atoms. The van der Waals surface area contributed by atoms with Crippen molar-refractivity contribution < 1.29 is 9.53 Å². The number of nitrogens with one attached hydrogen (secondary N) is 2. The van der Waals surface area contributed by atoms with E-state index < -0.39 is 0 Å². The Morgan fingerprint density at radius 2 is 2.00 bits per heavy atom. The fourth-order valence-electron chi connectivity index (χ4n) is 1.74. The summed E-state index contributed by atoms with van der Waals surface area (Å²) in [5.41, 5.74) is 0.996. The maximum absolute atomic E-state index is 11.6. The van der Waals surface area contributed by atoms with E-state index in [1.807, 2.05) is 24.3 Å². The highest BCUT2D eigenvalue weighted by Crippen LogP contribution is 2.13. The average Bonchev–Trinajstić information content (AvgIpc) is 2.48. The van der Waals surface area contributed by atoms with Crippen LogP contribution in [-0.2, 0) is 11.3 Å². The molecule has 2 N–H and O–H groups in total. The molecule has 0 heterocycles. The summed E-state index contributed by atoms with van der Waals surface area (Å²) < 4.78 is 5.52. The van der Waals surface area contributed by atoms with E-state index in [-0.39, 0.29) is 18.1 Å². The predicted octanol–water partition coefficient (Wildman–Crippen LogP) is 1.62. The summed E-state index contributed by atoms with van der Waals surface area (Å²) >= 11 is 0. The zero-order valence-electron chi connectivity index (χ0n) is 14.9. The van der Waals surface area contributed by atoms with Gasteiger partial charge in [-0.1, -0.05) is 12.1 Å². The monoisotopic (exact) mass is 320 g/mol. The lowest BCUT2D eigenvalue weighted by atomic mass is 10.1. The fraction of sp³-hybridized carbons (Fsp3) is 0.529. The van der Waals surface area contributed by atoms with Crippen molar-refractivity contribution >= 4 is 11.9 Å². The molecule has 0 saturated heterocycles. The number of carbonyl (C=O) groups is 1. The molecule has 1 amide bonds. The zero-order chi connectivity index (χ0) is 17.5. The van der Waals surface area contributed by atoms with Crippen molar-refractivity contribution in [1.82, 2.24) is 15.5 Å². The van der Waals surface area contributed by atoms with E-state index in [2.05, 4.69) is 36.4 Å². The van der Waals surface area contributed by atoms with Gasteiger partial charge in [-0.05, 0) is 38.5 Å². The number of nitrogens with zero attached hydrogens (tertiary/aromatic N) is 2. The molecule has 1 rings (SSSR count). The maximum atomic E-state index is 11.6. The molecule has 0 aromatic heterocycles. The highest BCUT2D eigenvalue weighted by Gasteiger charge is 2.11. The van der Waals surface area contributed by atoms with Gasteiger partial charge in [0.2, 0.25) is 0 Å². The molecule has 0 aliphatic heterocycles. The van der Waals surface area contributed by atoms with Gasteiger partial charge in [0.15, 0.2) is 12.6 Å². The zero-order valence-corrected chi connectivity index (χ0v) is 14.9. The van der Waals surface area contributed by atoms with Crippen LogP contribution in [0.15, 0.2) is 29.3 Å². The number of guanidine groups is 1. The van der Waals surface area contributed by atoms with Crippen LogP contribution >= 0.6 is 0 Å². The van der Waals surface area contributed by atoms with Gasteiger partial charge in [-0.15, -0.1) is 0 Å². The van der Waals surface area contributed by atoms with Gasteiger partial charge >= 0.3 is 0 Å². The summed E-state index contributed by atoms with van der Waals surface area (Å²) in [4.78, 5) is 17.3. The van der Waals surface area contributed by atoms with Crippen molar-refractivity contribution in [3.05, 3.63) is 29.8 Å². The van der Waals surface area contributed by atoms with Gasteiger partial charge in [0, 0.05) is 33.2 Å². The lowest BCUT2D eigenvalue weighted by Gasteiger charge is -2.23. The Balaban J connectivity index is 2.58. The van der Waals surface area contributed by atoms with E-state index in [1.54, 1.807) is 21.1 Å². The van der Waals surface area contributed by atoms with Crippen molar-refractivity contribution in [2.45, 2.75) is 32.9 Å². The molecular weight excluding hydrogens is 292 g/mol. The quantitative estimate of drug-likeness (QED) is 0.639. The molecule has 1 aromatic rings. The second-order valence-corrected chi connectivity index (χ2v) is 6.53. The standard InChI is InChI=1S/C17H28N4O2/c1-17(2,3)20-16(18-4)19-11-13-8-7-9-14(10-13)23-12-15(22)21(5)6/h7-10H,11-12H2,1-6H3,(H2,18,19,20). The minimum atomic E-state index is -0.0664. The first-order chi connectivity index (χ1) is 10.7. The summed E-state index contributed by atoms with van der Waals surface area (Å²) in [5.74, 6) is 1.35. The van der Waals surface area contributed by atoms with Gasteiger partial charge in [0.1, 0.15) is 5.75 Å². The van der Waals surface area contributed by atoms with Crippen LogP contribution in [0.2, 0.25) is 0 Å². The molecule has 1 aromatic carbocycles. The maximum Gasteiger partial charge on any atom is 0.259 e. The number of hydrogen-bond acceptors (Lipinski definition) is 3. The van der Waals surface area contributed by atoms with Crippen LogP contribution in [0.4, 0.5) is 0 Å². The van der Waals surface area contributed by atoms with Gasteiger partial charge in [-0.3, -0.25) is 9.79 Å². The van der Waals surface area contributed by atoms with Crippen LogP contribution in [-0.4, -0.2) is 50.1 Å². The molecule has 0 radical (unpaired) electrons. The number of benzene rings is 1. The number of amides is 1. The minimum absolute atomic E-state index is 0.0388. The molecule has 0 atom stereocenters. The lowest BCUT2D eigenvalue weighted by Crippen LogP contribution is -2.47. The Morgan fingerprint density at radius 1 is 1.30 bits per heavy atom. The topological polar surface area (TPSA) is 66.0 Å². The first kappa shape index (κ1) is 18.8. The number of aliphatic imine (C=N–C) groups is 1. The smallest absolute Gasteiger partial charge is 0.259 e. The van der Waals surface area contributed by atoms with E-state index in [0.717, 1.165) is 11.5 Å². The van der Waals surface area contributed by atoms with E-state index in [1.165, 1.54) is 4.90 Å². The number of carbonyl (C=O) groups excluding carboxylic acids is 1. The first-order valence-electron chi connectivity index (χ1n) is 7.62. The molecule has 23 heavy (non-hydrogen) atoms. The third-order valence-electron chi connectivity index (χ3n) is 2.94. The van der Waals surface area contributed by atoms with Crippen LogP contribution in [0, 0.1) is 0 Å². The molecule has 0 fully saturated rings. The van der Waals surface area contributed by atoms with E-state index in [0.29, 0.717) is 12.3 Å². The number of likely N-dealkylation sites (N-methyl/N-ethyl adjacent to an activating group) is 1. The highest BCUT2D eigenvalue weighted by atomic mass is 16.5. The minimum Gasteiger partial charge on any atom is -0.484 e. The van der Waals surface area contributed by atoms with Crippen LogP contribution in [0.1, 0.15) is 26.3 Å². The Kier molecular flexibility index (Phi) is 6.88. The third-order valence-corrected chi connectivity index (χ3v) is 2.94. The first-order valence-corrected chi connectivity index (χ1v) is 7.62. The largest absolute Gasteiger partial charge is 0.484 e. The Labute approximate surface area is 138 Å². The van der Waals surface area contributed by atoms with Gasteiger partial charge in [-0.2, -0.15) is 0 Å². The molecule has 0 saturated carbocycles. The summed E-state index contributed by atoms with van der Waals surface area (Å²) in [6.45, 7) is 6.90. The van der Waals surface area contributed by atoms with Crippen LogP contribution in [0.5, 0.6) is 5.75 Å². The Hall–Kier alpha value is -2.24.